The number of benzene rings is 1. The molecule has 0 N–H and O–H groups in total. The highest BCUT2D eigenvalue weighted by Gasteiger charge is 2.57. The van der Waals surface area contributed by atoms with Crippen molar-refractivity contribution in [1.29, 1.82) is 0 Å². The molecule has 4 aliphatic carbocycles. The predicted molar refractivity (Wildman–Crippen MR) is 122 cm³/mol. The first-order valence-corrected chi connectivity index (χ1v) is 12.0. The summed E-state index contributed by atoms with van der Waals surface area (Å²) in [6.45, 7) is 8.88. The minimum absolute atomic E-state index is 0.0908. The number of carbonyl (C=O) groups excluding carboxylic acids is 1. The van der Waals surface area contributed by atoms with Crippen molar-refractivity contribution in [1.82, 2.24) is 0 Å². The molecule has 0 radical (unpaired) electrons. The largest absolute Gasteiger partial charge is 0.462 e. The number of hydrogen-bond donors (Lipinski definition) is 0. The lowest BCUT2D eigenvalue weighted by atomic mass is 9.47. The average molecular weight is 405 g/mol. The van der Waals surface area contributed by atoms with E-state index in [1.165, 1.54) is 43.2 Å². The van der Waals surface area contributed by atoms with Crippen LogP contribution in [0.1, 0.15) is 76.8 Å². The molecule has 4 aliphatic rings. The van der Waals surface area contributed by atoms with Crippen LogP contribution in [0.15, 0.2) is 42.0 Å². The summed E-state index contributed by atoms with van der Waals surface area (Å²) in [6, 6.07) is 8.95. The van der Waals surface area contributed by atoms with E-state index in [0.29, 0.717) is 10.8 Å². The summed E-state index contributed by atoms with van der Waals surface area (Å²) in [6.07, 6.45) is 13.4. The first kappa shape index (κ1) is 20.1. The molecule has 2 heteroatoms. The zero-order chi connectivity index (χ0) is 21.1. The van der Waals surface area contributed by atoms with Gasteiger partial charge in [0.05, 0.1) is 0 Å². The highest BCUT2D eigenvalue weighted by atomic mass is 16.5. The summed E-state index contributed by atoms with van der Waals surface area (Å²) < 4.78 is 5.59. The van der Waals surface area contributed by atoms with E-state index >= 15 is 0 Å². The maximum Gasteiger partial charge on any atom is 0.302 e. The first-order chi connectivity index (χ1) is 14.3. The Balaban J connectivity index is 1.42. The summed E-state index contributed by atoms with van der Waals surface area (Å²) in [5.74, 6) is 2.18. The van der Waals surface area contributed by atoms with E-state index in [2.05, 4.69) is 57.2 Å². The Morgan fingerprint density at radius 3 is 2.53 bits per heavy atom. The van der Waals surface area contributed by atoms with Crippen LogP contribution >= 0.6 is 0 Å². The predicted octanol–water partition coefficient (Wildman–Crippen LogP) is 6.88. The van der Waals surface area contributed by atoms with E-state index in [1.54, 1.807) is 18.1 Å². The summed E-state index contributed by atoms with van der Waals surface area (Å²) in [5, 5.41) is 0. The van der Waals surface area contributed by atoms with Crippen molar-refractivity contribution >= 4 is 11.5 Å². The Bertz CT molecular complexity index is 924. The molecular weight excluding hydrogens is 368 g/mol. The van der Waals surface area contributed by atoms with Gasteiger partial charge in [0.25, 0.3) is 0 Å². The van der Waals surface area contributed by atoms with E-state index in [1.807, 2.05) is 0 Å². The standard InChI is InChI=1S/C28H36O2/c1-18-7-5-6-8-22(18)24-11-12-25-23-10-9-20-17-21(30-19(2)29)13-15-27(20,3)26(23)14-16-28(24,25)4/h5-9,11,21,23,25-26H,10,12-17H2,1-4H3/t21-,23?,25-,26-,27-,28+/m0/s1. The summed E-state index contributed by atoms with van der Waals surface area (Å²) in [4.78, 5) is 11.5. The molecule has 0 saturated heterocycles. The molecule has 1 aromatic carbocycles. The highest BCUT2D eigenvalue weighted by molar-refractivity contribution is 5.75. The van der Waals surface area contributed by atoms with Crippen LogP contribution in [0, 0.1) is 35.5 Å². The van der Waals surface area contributed by atoms with Crippen LogP contribution in [-0.4, -0.2) is 12.1 Å². The molecule has 160 valence electrons. The molecule has 0 bridgehead atoms. The maximum atomic E-state index is 11.5. The molecule has 2 fully saturated rings. The molecule has 0 amide bonds. The third kappa shape index (κ3) is 2.93. The molecule has 0 aliphatic heterocycles. The fourth-order valence-corrected chi connectivity index (χ4v) is 7.82. The average Bonchev–Trinajstić information content (AvgIpc) is 3.05. The Morgan fingerprint density at radius 2 is 1.77 bits per heavy atom. The van der Waals surface area contributed by atoms with Crippen molar-refractivity contribution in [3.63, 3.8) is 0 Å². The van der Waals surface area contributed by atoms with Crippen LogP contribution in [0.5, 0.6) is 0 Å². The maximum absolute atomic E-state index is 11.5. The molecule has 0 spiro atoms. The van der Waals surface area contributed by atoms with Crippen LogP contribution in [0.3, 0.4) is 0 Å². The quantitative estimate of drug-likeness (QED) is 0.396. The number of esters is 1. The van der Waals surface area contributed by atoms with Gasteiger partial charge >= 0.3 is 5.97 Å². The van der Waals surface area contributed by atoms with Gasteiger partial charge < -0.3 is 4.74 Å². The van der Waals surface area contributed by atoms with Gasteiger partial charge in [-0.15, -0.1) is 0 Å². The smallest absolute Gasteiger partial charge is 0.302 e. The SMILES string of the molecule is CC(=O)O[C@H]1CC[C@@]2(C)C(=CCC3[C@@H]2CC[C@]2(C)C(c4ccccc4C)=CC[C@@H]32)C1. The van der Waals surface area contributed by atoms with E-state index in [4.69, 9.17) is 4.74 Å². The Labute approximate surface area is 181 Å². The lowest BCUT2D eigenvalue weighted by molar-refractivity contribution is -0.148. The van der Waals surface area contributed by atoms with Crippen molar-refractivity contribution in [3.05, 3.63) is 53.1 Å². The second kappa shape index (κ2) is 7.11. The van der Waals surface area contributed by atoms with Crippen LogP contribution < -0.4 is 0 Å². The number of hydrogen-bond acceptors (Lipinski definition) is 2. The van der Waals surface area contributed by atoms with Gasteiger partial charge in [0, 0.05) is 13.3 Å². The topological polar surface area (TPSA) is 26.3 Å². The fraction of sp³-hybridized carbons (Fsp3) is 0.607. The second-order valence-electron chi connectivity index (χ2n) is 10.9. The summed E-state index contributed by atoms with van der Waals surface area (Å²) >= 11 is 0. The van der Waals surface area contributed by atoms with Gasteiger partial charge in [0.1, 0.15) is 6.10 Å². The van der Waals surface area contributed by atoms with Crippen LogP contribution in [0.4, 0.5) is 0 Å². The van der Waals surface area contributed by atoms with Gasteiger partial charge in [0.15, 0.2) is 0 Å². The second-order valence-corrected chi connectivity index (χ2v) is 10.9. The van der Waals surface area contributed by atoms with E-state index in [0.717, 1.165) is 30.6 Å². The van der Waals surface area contributed by atoms with E-state index in [9.17, 15) is 4.79 Å². The van der Waals surface area contributed by atoms with Crippen molar-refractivity contribution < 1.29 is 9.53 Å². The van der Waals surface area contributed by atoms with Gasteiger partial charge in [-0.3, -0.25) is 4.79 Å². The third-order valence-electron chi connectivity index (χ3n) is 9.41. The monoisotopic (exact) mass is 404 g/mol. The normalized spacial score (nSPS) is 39.9. The molecule has 1 aromatic rings. The van der Waals surface area contributed by atoms with Crippen LogP contribution in [0.2, 0.25) is 0 Å². The molecule has 1 unspecified atom stereocenters. The molecular formula is C28H36O2. The number of aryl methyl sites for hydroxylation is 1. The van der Waals surface area contributed by atoms with E-state index < -0.39 is 0 Å². The van der Waals surface area contributed by atoms with Gasteiger partial charge in [-0.2, -0.15) is 0 Å². The first-order valence-electron chi connectivity index (χ1n) is 12.0. The molecule has 0 heterocycles. The summed E-state index contributed by atoms with van der Waals surface area (Å²) in [7, 11) is 0. The molecule has 0 aromatic heterocycles. The lowest BCUT2D eigenvalue weighted by Gasteiger charge is -2.58. The zero-order valence-electron chi connectivity index (χ0n) is 19.0. The number of rotatable bonds is 2. The highest BCUT2D eigenvalue weighted by Crippen LogP contribution is 2.66. The van der Waals surface area contributed by atoms with Gasteiger partial charge in [-0.05, 0) is 90.7 Å². The van der Waals surface area contributed by atoms with Gasteiger partial charge in [0.2, 0.25) is 0 Å². The third-order valence-corrected chi connectivity index (χ3v) is 9.41. The number of carbonyl (C=O) groups is 1. The molecule has 2 nitrogen and oxygen atoms in total. The molecule has 5 rings (SSSR count). The zero-order valence-corrected chi connectivity index (χ0v) is 19.0. The summed E-state index contributed by atoms with van der Waals surface area (Å²) in [5.41, 5.74) is 6.68. The number of fused-ring (bicyclic) bond motifs is 5. The van der Waals surface area contributed by atoms with Crippen molar-refractivity contribution in [2.75, 3.05) is 0 Å². The number of allylic oxidation sites excluding steroid dienone is 3. The minimum atomic E-state index is -0.132. The molecule has 30 heavy (non-hydrogen) atoms. The Hall–Kier alpha value is -1.83. The lowest BCUT2D eigenvalue weighted by Crippen LogP contribution is -2.50. The minimum Gasteiger partial charge on any atom is -0.462 e. The van der Waals surface area contributed by atoms with Crippen molar-refractivity contribution in [3.8, 4) is 0 Å². The van der Waals surface area contributed by atoms with Crippen LogP contribution in [0.25, 0.3) is 5.57 Å². The molecule has 2 saturated carbocycles. The Morgan fingerprint density at radius 1 is 1.00 bits per heavy atom. The van der Waals surface area contributed by atoms with Crippen LogP contribution in [-0.2, 0) is 9.53 Å². The van der Waals surface area contributed by atoms with E-state index in [-0.39, 0.29) is 12.1 Å². The van der Waals surface area contributed by atoms with Gasteiger partial charge in [-0.25, -0.2) is 0 Å². The molecule has 6 atom stereocenters. The van der Waals surface area contributed by atoms with Crippen molar-refractivity contribution in [2.45, 2.75) is 78.7 Å². The van der Waals surface area contributed by atoms with Gasteiger partial charge in [-0.1, -0.05) is 55.8 Å². The fourth-order valence-electron chi connectivity index (χ4n) is 7.82. The van der Waals surface area contributed by atoms with Crippen molar-refractivity contribution in [2.24, 2.45) is 28.6 Å². The number of ether oxygens (including phenoxy) is 1. The Kier molecular flexibility index (Phi) is 4.76.